The van der Waals surface area contributed by atoms with Crippen molar-refractivity contribution in [1.29, 1.82) is 5.26 Å². The first kappa shape index (κ1) is 17.7. The van der Waals surface area contributed by atoms with Crippen LogP contribution >= 0.6 is 0 Å². The van der Waals surface area contributed by atoms with Gasteiger partial charge in [-0.2, -0.15) is 5.26 Å². The van der Waals surface area contributed by atoms with E-state index in [1.165, 1.54) is 7.11 Å². The Hall–Kier alpha value is -3.07. The van der Waals surface area contributed by atoms with E-state index in [9.17, 15) is 10.1 Å². The van der Waals surface area contributed by atoms with E-state index in [0.717, 1.165) is 36.7 Å². The zero-order valence-electron chi connectivity index (χ0n) is 15.3. The van der Waals surface area contributed by atoms with Crippen molar-refractivity contribution in [3.05, 3.63) is 53.2 Å². The van der Waals surface area contributed by atoms with Crippen LogP contribution < -0.4 is 9.80 Å². The molecular formula is C20H22N4O2. The van der Waals surface area contributed by atoms with Crippen LogP contribution in [0.2, 0.25) is 0 Å². The Morgan fingerprint density at radius 1 is 1.23 bits per heavy atom. The molecule has 1 fully saturated rings. The number of nitrogens with zero attached hydrogens (tertiary/aromatic N) is 4. The second-order valence-electron chi connectivity index (χ2n) is 6.47. The zero-order chi connectivity index (χ0) is 18.7. The maximum atomic E-state index is 11.6. The summed E-state index contributed by atoms with van der Waals surface area (Å²) in [6.07, 6.45) is 0. The maximum Gasteiger partial charge on any atom is 0.337 e. The fourth-order valence-corrected chi connectivity index (χ4v) is 3.25. The summed E-state index contributed by atoms with van der Waals surface area (Å²) in [5.74, 6) is 0.522. The Kier molecular flexibility index (Phi) is 5.08. The number of pyridine rings is 1. The average molecular weight is 350 g/mol. The Balaban J connectivity index is 1.72. The first-order valence-corrected chi connectivity index (χ1v) is 8.61. The van der Waals surface area contributed by atoms with Gasteiger partial charge in [0.15, 0.2) is 0 Å². The fourth-order valence-electron chi connectivity index (χ4n) is 3.25. The number of carbonyl (C=O) groups excluding carboxylic acids is 1. The van der Waals surface area contributed by atoms with Crippen molar-refractivity contribution in [3.8, 4) is 6.07 Å². The number of hydrogen-bond acceptors (Lipinski definition) is 6. The Morgan fingerprint density at radius 3 is 2.58 bits per heavy atom. The Labute approximate surface area is 153 Å². The maximum absolute atomic E-state index is 11.6. The zero-order valence-corrected chi connectivity index (χ0v) is 15.3. The van der Waals surface area contributed by atoms with E-state index in [1.807, 2.05) is 31.2 Å². The van der Waals surface area contributed by atoms with Gasteiger partial charge >= 0.3 is 5.97 Å². The Bertz CT molecular complexity index is 842. The highest BCUT2D eigenvalue weighted by atomic mass is 16.5. The summed E-state index contributed by atoms with van der Waals surface area (Å²) < 4.78 is 4.74. The van der Waals surface area contributed by atoms with Crippen LogP contribution in [0, 0.1) is 18.3 Å². The van der Waals surface area contributed by atoms with Gasteiger partial charge in [0.05, 0.1) is 12.7 Å². The molecule has 6 heteroatoms. The van der Waals surface area contributed by atoms with Crippen molar-refractivity contribution in [1.82, 2.24) is 4.98 Å². The summed E-state index contributed by atoms with van der Waals surface area (Å²) in [4.78, 5) is 20.6. The largest absolute Gasteiger partial charge is 0.465 e. The van der Waals surface area contributed by atoms with Crippen molar-refractivity contribution >= 4 is 17.5 Å². The number of piperazine rings is 1. The van der Waals surface area contributed by atoms with E-state index in [-0.39, 0.29) is 12.0 Å². The van der Waals surface area contributed by atoms with Crippen molar-refractivity contribution < 1.29 is 9.53 Å². The van der Waals surface area contributed by atoms with Gasteiger partial charge in [0.25, 0.3) is 0 Å². The van der Waals surface area contributed by atoms with Gasteiger partial charge in [-0.3, -0.25) is 0 Å². The van der Waals surface area contributed by atoms with Gasteiger partial charge in [0, 0.05) is 31.4 Å². The predicted octanol–water partition coefficient (Wildman–Crippen LogP) is 2.76. The third-order valence-corrected chi connectivity index (χ3v) is 4.76. The summed E-state index contributed by atoms with van der Waals surface area (Å²) in [6.45, 7) is 6.56. The van der Waals surface area contributed by atoms with Gasteiger partial charge in [0.2, 0.25) is 0 Å². The van der Waals surface area contributed by atoms with Crippen LogP contribution in [0.25, 0.3) is 0 Å². The minimum Gasteiger partial charge on any atom is -0.465 e. The second kappa shape index (κ2) is 7.44. The molecule has 1 aliphatic rings. The first-order valence-electron chi connectivity index (χ1n) is 8.61. The molecule has 0 radical (unpaired) electrons. The van der Waals surface area contributed by atoms with Gasteiger partial charge in [-0.05, 0) is 49.7 Å². The minimum absolute atomic E-state index is 0.255. The van der Waals surface area contributed by atoms with E-state index in [2.05, 4.69) is 27.8 Å². The number of esters is 1. The third-order valence-electron chi connectivity index (χ3n) is 4.76. The number of nitriles is 1. The van der Waals surface area contributed by atoms with E-state index >= 15 is 0 Å². The van der Waals surface area contributed by atoms with Crippen molar-refractivity contribution in [2.24, 2.45) is 0 Å². The highest BCUT2D eigenvalue weighted by Crippen LogP contribution is 2.24. The van der Waals surface area contributed by atoms with Crippen LogP contribution in [0.15, 0.2) is 36.4 Å². The minimum atomic E-state index is -0.325. The molecule has 1 unspecified atom stereocenters. The number of aromatic nitrogens is 1. The van der Waals surface area contributed by atoms with Crippen molar-refractivity contribution in [2.75, 3.05) is 36.5 Å². The third kappa shape index (κ3) is 3.47. The lowest BCUT2D eigenvalue weighted by Gasteiger charge is -2.41. The molecule has 134 valence electrons. The smallest absolute Gasteiger partial charge is 0.337 e. The summed E-state index contributed by atoms with van der Waals surface area (Å²) in [5.41, 5.74) is 3.01. The van der Waals surface area contributed by atoms with Crippen LogP contribution in [-0.4, -0.2) is 43.7 Å². The highest BCUT2D eigenvalue weighted by Gasteiger charge is 2.25. The molecule has 0 aliphatic carbocycles. The van der Waals surface area contributed by atoms with Gasteiger partial charge in [0.1, 0.15) is 17.6 Å². The standard InChI is InChI=1S/C20H22N4O2/c1-14-4-9-19(22-18(14)12-21)24-11-10-23(13-15(24)2)17-7-5-16(6-8-17)20(25)26-3/h4-9,15H,10-11,13H2,1-3H3. The molecule has 0 saturated carbocycles. The van der Waals surface area contributed by atoms with Crippen molar-refractivity contribution in [3.63, 3.8) is 0 Å². The number of ether oxygens (including phenoxy) is 1. The molecule has 1 aromatic heterocycles. The molecule has 6 nitrogen and oxygen atoms in total. The van der Waals surface area contributed by atoms with Crippen LogP contribution in [0.5, 0.6) is 0 Å². The van der Waals surface area contributed by atoms with Crippen LogP contribution in [0.1, 0.15) is 28.5 Å². The quantitative estimate of drug-likeness (QED) is 0.793. The number of anilines is 2. The Morgan fingerprint density at radius 2 is 1.96 bits per heavy atom. The summed E-state index contributed by atoms with van der Waals surface area (Å²) in [7, 11) is 1.38. The number of rotatable bonds is 3. The summed E-state index contributed by atoms with van der Waals surface area (Å²) in [6, 6.07) is 13.8. The molecule has 0 spiro atoms. The lowest BCUT2D eigenvalue weighted by atomic mass is 10.1. The van der Waals surface area contributed by atoms with Crippen LogP contribution in [-0.2, 0) is 4.74 Å². The molecule has 0 N–H and O–H groups in total. The second-order valence-corrected chi connectivity index (χ2v) is 6.47. The van der Waals surface area contributed by atoms with E-state index < -0.39 is 0 Å². The number of hydrogen-bond donors (Lipinski definition) is 0. The molecule has 1 atom stereocenters. The highest BCUT2D eigenvalue weighted by molar-refractivity contribution is 5.89. The topological polar surface area (TPSA) is 69.5 Å². The summed E-state index contributed by atoms with van der Waals surface area (Å²) in [5, 5.41) is 9.20. The molecule has 1 saturated heterocycles. The monoisotopic (exact) mass is 350 g/mol. The SMILES string of the molecule is COC(=O)c1ccc(N2CCN(c3ccc(C)c(C#N)n3)C(C)C2)cc1. The lowest BCUT2D eigenvalue weighted by molar-refractivity contribution is 0.0601. The van der Waals surface area contributed by atoms with E-state index in [0.29, 0.717) is 11.3 Å². The molecule has 1 aliphatic heterocycles. The van der Waals surface area contributed by atoms with Gasteiger partial charge in [-0.25, -0.2) is 9.78 Å². The van der Waals surface area contributed by atoms with Gasteiger partial charge in [-0.15, -0.1) is 0 Å². The van der Waals surface area contributed by atoms with E-state index in [4.69, 9.17) is 4.74 Å². The fraction of sp³-hybridized carbons (Fsp3) is 0.350. The van der Waals surface area contributed by atoms with Gasteiger partial charge in [-0.1, -0.05) is 6.07 Å². The molecular weight excluding hydrogens is 328 g/mol. The molecule has 0 bridgehead atoms. The van der Waals surface area contributed by atoms with Crippen LogP contribution in [0.3, 0.4) is 0 Å². The normalized spacial score (nSPS) is 16.9. The molecule has 2 aromatic rings. The number of carbonyl (C=O) groups is 1. The van der Waals surface area contributed by atoms with Gasteiger partial charge < -0.3 is 14.5 Å². The molecule has 0 amide bonds. The number of methoxy groups -OCH3 is 1. The number of benzene rings is 1. The summed E-state index contributed by atoms with van der Waals surface area (Å²) >= 11 is 0. The first-order chi connectivity index (χ1) is 12.5. The molecule has 2 heterocycles. The molecule has 3 rings (SSSR count). The average Bonchev–Trinajstić information content (AvgIpc) is 2.68. The predicted molar refractivity (Wildman–Crippen MR) is 100 cm³/mol. The van der Waals surface area contributed by atoms with E-state index in [1.54, 1.807) is 12.1 Å². The van der Waals surface area contributed by atoms with Crippen molar-refractivity contribution in [2.45, 2.75) is 19.9 Å². The molecule has 26 heavy (non-hydrogen) atoms. The number of aryl methyl sites for hydroxylation is 1. The lowest BCUT2D eigenvalue weighted by Crippen LogP contribution is -2.52. The molecule has 1 aromatic carbocycles. The van der Waals surface area contributed by atoms with Crippen LogP contribution in [0.4, 0.5) is 11.5 Å².